The van der Waals surface area contributed by atoms with Crippen LogP contribution < -0.4 is 0 Å². The first kappa shape index (κ1) is 7.28. The molecule has 12 heavy (non-hydrogen) atoms. The van der Waals surface area contributed by atoms with Crippen LogP contribution in [0, 0.1) is 0 Å². The summed E-state index contributed by atoms with van der Waals surface area (Å²) in [6, 6.07) is 6.19. The lowest BCUT2D eigenvalue weighted by atomic mass is 9.97. The van der Waals surface area contributed by atoms with Crippen molar-refractivity contribution < 1.29 is 0 Å². The van der Waals surface area contributed by atoms with Gasteiger partial charge in [0.25, 0.3) is 0 Å². The summed E-state index contributed by atoms with van der Waals surface area (Å²) >= 11 is 0. The van der Waals surface area contributed by atoms with Crippen LogP contribution in [0.25, 0.3) is 11.0 Å². The van der Waals surface area contributed by atoms with E-state index in [2.05, 4.69) is 29.9 Å². The van der Waals surface area contributed by atoms with Gasteiger partial charge in [-0.3, -0.25) is 9.97 Å². The molecule has 58 valence electrons. The first-order valence-electron chi connectivity index (χ1n) is 4.10. The molecule has 1 aromatic heterocycles. The zero-order chi connectivity index (χ0) is 8.39. The maximum Gasteiger partial charge on any atom is 0.107 e. The second-order valence-electron chi connectivity index (χ2n) is 2.73. The predicted molar refractivity (Wildman–Crippen MR) is 51.8 cm³/mol. The number of rotatable bonds is 1. The van der Waals surface area contributed by atoms with Crippen molar-refractivity contribution in [1.29, 1.82) is 0 Å². The van der Waals surface area contributed by atoms with E-state index in [-0.39, 0.29) is 0 Å². The van der Waals surface area contributed by atoms with E-state index >= 15 is 0 Å². The summed E-state index contributed by atoms with van der Waals surface area (Å²) in [7, 11) is 2.14. The Hall–Kier alpha value is -1.38. The van der Waals surface area contributed by atoms with Crippen molar-refractivity contribution in [2.24, 2.45) is 0 Å². The molecule has 2 rings (SSSR count). The summed E-state index contributed by atoms with van der Waals surface area (Å²) < 4.78 is 0. The average Bonchev–Trinajstić information content (AvgIpc) is 2.17. The fourth-order valence-electron chi connectivity index (χ4n) is 1.23. The van der Waals surface area contributed by atoms with Gasteiger partial charge >= 0.3 is 0 Å². The third-order valence-corrected chi connectivity index (χ3v) is 1.94. The van der Waals surface area contributed by atoms with Gasteiger partial charge in [0.15, 0.2) is 0 Å². The van der Waals surface area contributed by atoms with Crippen LogP contribution in [0.1, 0.15) is 5.56 Å². The van der Waals surface area contributed by atoms with E-state index in [9.17, 15) is 0 Å². The van der Waals surface area contributed by atoms with E-state index in [1.807, 2.05) is 6.07 Å². The first-order chi connectivity index (χ1) is 5.90. The van der Waals surface area contributed by atoms with Gasteiger partial charge in [0.1, 0.15) is 7.85 Å². The van der Waals surface area contributed by atoms with Gasteiger partial charge in [-0.05, 0) is 12.1 Å². The molecule has 0 aliphatic heterocycles. The molecule has 0 N–H and O–H groups in total. The van der Waals surface area contributed by atoms with Gasteiger partial charge in [-0.1, -0.05) is 17.9 Å². The van der Waals surface area contributed by atoms with Gasteiger partial charge in [-0.2, -0.15) is 0 Å². The Morgan fingerprint density at radius 3 is 2.58 bits per heavy atom. The highest BCUT2D eigenvalue weighted by Gasteiger charge is 1.94. The Morgan fingerprint density at radius 1 is 1.08 bits per heavy atom. The molecule has 0 bridgehead atoms. The minimum Gasteiger partial charge on any atom is -0.253 e. The minimum absolute atomic E-state index is 0.967. The van der Waals surface area contributed by atoms with Gasteiger partial charge in [0.05, 0.1) is 11.0 Å². The molecule has 0 atom stereocenters. The Morgan fingerprint density at radius 2 is 1.83 bits per heavy atom. The SMILES string of the molecule is BCc1ccc2nccnc2c1. The Balaban J connectivity index is 2.67. The molecule has 3 heteroatoms. The summed E-state index contributed by atoms with van der Waals surface area (Å²) in [5.41, 5.74) is 3.26. The van der Waals surface area contributed by atoms with E-state index in [0.717, 1.165) is 17.4 Å². The molecular formula is C9H9BN2. The van der Waals surface area contributed by atoms with Crippen molar-refractivity contribution in [2.45, 2.75) is 6.32 Å². The Labute approximate surface area is 72.1 Å². The van der Waals surface area contributed by atoms with E-state index in [4.69, 9.17) is 0 Å². The van der Waals surface area contributed by atoms with Gasteiger partial charge < -0.3 is 0 Å². The maximum absolute atomic E-state index is 4.23. The second-order valence-corrected chi connectivity index (χ2v) is 2.73. The molecular weight excluding hydrogens is 147 g/mol. The lowest BCUT2D eigenvalue weighted by molar-refractivity contribution is 1.28. The molecule has 2 aromatic rings. The molecule has 0 aliphatic carbocycles. The average molecular weight is 156 g/mol. The third kappa shape index (κ3) is 1.18. The van der Waals surface area contributed by atoms with Crippen molar-refractivity contribution in [2.75, 3.05) is 0 Å². The zero-order valence-electron chi connectivity index (χ0n) is 6.99. The van der Waals surface area contributed by atoms with E-state index in [1.165, 1.54) is 5.56 Å². The molecule has 0 saturated carbocycles. The number of hydrogen-bond donors (Lipinski definition) is 0. The monoisotopic (exact) mass is 156 g/mol. The van der Waals surface area contributed by atoms with Crippen LogP contribution >= 0.6 is 0 Å². The zero-order valence-corrected chi connectivity index (χ0v) is 6.99. The second kappa shape index (κ2) is 2.93. The standard InChI is InChI=1S/C9H9BN2/c10-6-7-1-2-8-9(5-7)12-4-3-11-8/h1-5H,6,10H2. The highest BCUT2D eigenvalue weighted by molar-refractivity contribution is 6.08. The van der Waals surface area contributed by atoms with Crippen LogP contribution in [0.4, 0.5) is 0 Å². The molecule has 2 nitrogen and oxygen atoms in total. The molecule has 0 amide bonds. The van der Waals surface area contributed by atoms with Crippen molar-refractivity contribution in [3.8, 4) is 0 Å². The molecule has 0 unspecified atom stereocenters. The highest BCUT2D eigenvalue weighted by atomic mass is 14.8. The van der Waals surface area contributed by atoms with Crippen LogP contribution in [0.2, 0.25) is 0 Å². The molecule has 1 aromatic carbocycles. The fraction of sp³-hybridized carbons (Fsp3) is 0.111. The normalized spacial score (nSPS) is 10.3. The summed E-state index contributed by atoms with van der Waals surface area (Å²) in [5.74, 6) is 0. The molecule has 1 heterocycles. The van der Waals surface area contributed by atoms with Gasteiger partial charge in [0.2, 0.25) is 0 Å². The van der Waals surface area contributed by atoms with Gasteiger partial charge in [-0.15, -0.1) is 0 Å². The van der Waals surface area contributed by atoms with Crippen LogP contribution in [0.3, 0.4) is 0 Å². The van der Waals surface area contributed by atoms with Crippen LogP contribution in [-0.4, -0.2) is 17.8 Å². The van der Waals surface area contributed by atoms with Gasteiger partial charge in [-0.25, -0.2) is 0 Å². The number of nitrogens with zero attached hydrogens (tertiary/aromatic N) is 2. The van der Waals surface area contributed by atoms with E-state index in [0.29, 0.717) is 0 Å². The van der Waals surface area contributed by atoms with Gasteiger partial charge in [0, 0.05) is 12.4 Å². The Bertz CT molecular complexity index is 400. The first-order valence-corrected chi connectivity index (χ1v) is 4.10. The summed E-state index contributed by atoms with van der Waals surface area (Å²) in [6.45, 7) is 0. The number of aromatic nitrogens is 2. The van der Waals surface area contributed by atoms with Crippen LogP contribution in [0.5, 0.6) is 0 Å². The van der Waals surface area contributed by atoms with Crippen LogP contribution in [-0.2, 0) is 6.32 Å². The van der Waals surface area contributed by atoms with Crippen LogP contribution in [0.15, 0.2) is 30.6 Å². The lowest BCUT2D eigenvalue weighted by Gasteiger charge is -1.97. The summed E-state index contributed by atoms with van der Waals surface area (Å²) in [5, 5.41) is 0. The quantitative estimate of drug-likeness (QED) is 0.569. The summed E-state index contributed by atoms with van der Waals surface area (Å²) in [6.07, 6.45) is 4.49. The molecule has 0 saturated heterocycles. The smallest absolute Gasteiger partial charge is 0.107 e. The Kier molecular flexibility index (Phi) is 1.78. The molecule has 0 fully saturated rings. The lowest BCUT2D eigenvalue weighted by Crippen LogP contribution is -1.86. The van der Waals surface area contributed by atoms with Crippen molar-refractivity contribution in [1.82, 2.24) is 9.97 Å². The van der Waals surface area contributed by atoms with E-state index < -0.39 is 0 Å². The largest absolute Gasteiger partial charge is 0.253 e. The minimum atomic E-state index is 0.967. The molecule has 0 aliphatic rings. The van der Waals surface area contributed by atoms with Crippen molar-refractivity contribution >= 4 is 18.9 Å². The number of hydrogen-bond acceptors (Lipinski definition) is 2. The highest BCUT2D eigenvalue weighted by Crippen LogP contribution is 2.09. The third-order valence-electron chi connectivity index (χ3n) is 1.94. The van der Waals surface area contributed by atoms with Crippen molar-refractivity contribution in [3.63, 3.8) is 0 Å². The van der Waals surface area contributed by atoms with Crippen molar-refractivity contribution in [3.05, 3.63) is 36.2 Å². The molecule has 0 radical (unpaired) electrons. The fourth-order valence-corrected chi connectivity index (χ4v) is 1.23. The predicted octanol–water partition coefficient (Wildman–Crippen LogP) is 0.763. The number of benzene rings is 1. The topological polar surface area (TPSA) is 25.8 Å². The van der Waals surface area contributed by atoms with E-state index in [1.54, 1.807) is 12.4 Å². The molecule has 0 spiro atoms. The number of fused-ring (bicyclic) bond motifs is 1. The summed E-state index contributed by atoms with van der Waals surface area (Å²) in [4.78, 5) is 8.42. The maximum atomic E-state index is 4.23.